The average Bonchev–Trinajstić information content (AvgIpc) is 3.31. The number of carbonyl (C=O) groups excluding carboxylic acids is 2. The molecule has 1 saturated heterocycles. The van der Waals surface area contributed by atoms with Crippen molar-refractivity contribution in [2.45, 2.75) is 167 Å². The fourth-order valence-corrected chi connectivity index (χ4v) is 5.82. The molecule has 1 fully saturated rings. The Bertz CT molecular complexity index is 737. The number of nitrogens with zero attached hydrogens (tertiary/aromatic N) is 2. The van der Waals surface area contributed by atoms with Gasteiger partial charge in [0, 0.05) is 13.2 Å². The number of hydrogen-bond donors (Lipinski definition) is 0. The lowest BCUT2D eigenvalue weighted by molar-refractivity contribution is -0.197. The van der Waals surface area contributed by atoms with Gasteiger partial charge in [0.15, 0.2) is 0 Å². The topological polar surface area (TPSA) is 86.8 Å². The van der Waals surface area contributed by atoms with Crippen LogP contribution in [0.5, 0.6) is 0 Å². The zero-order valence-electron chi connectivity index (χ0n) is 30.7. The Balaban J connectivity index is 2.68. The van der Waals surface area contributed by atoms with E-state index in [2.05, 4.69) is 13.8 Å². The van der Waals surface area contributed by atoms with Crippen molar-refractivity contribution in [3.63, 3.8) is 0 Å². The van der Waals surface area contributed by atoms with Gasteiger partial charge in [-0.25, -0.2) is 0 Å². The van der Waals surface area contributed by atoms with Crippen molar-refractivity contribution in [2.75, 3.05) is 61.1 Å². The molecule has 1 aliphatic heterocycles. The standard InChI is InChI=1S/C37H72N2O7/c1-7-9-11-13-15-17-19-21-23-25-27-42-35-32(31-44-33(40)29-38(3)4)45-37(46-34(41)30-39(5)6)36(35)43-28-26-24-22-20-18-16-14-12-10-8-2/h32,35-37H,7-31H2,1-6H3/t32-,35?,36+,37+/m1/s1. The molecule has 0 saturated carbocycles. The van der Waals surface area contributed by atoms with E-state index in [4.69, 9.17) is 23.7 Å². The second-order valence-corrected chi connectivity index (χ2v) is 13.7. The highest BCUT2D eigenvalue weighted by Crippen LogP contribution is 2.29. The fourth-order valence-electron chi connectivity index (χ4n) is 5.82. The number of unbranched alkanes of at least 4 members (excludes halogenated alkanes) is 18. The molecule has 1 heterocycles. The van der Waals surface area contributed by atoms with Crippen LogP contribution in [0.1, 0.15) is 142 Å². The summed E-state index contributed by atoms with van der Waals surface area (Å²) in [7, 11) is 7.29. The number of ether oxygens (including phenoxy) is 5. The van der Waals surface area contributed by atoms with Gasteiger partial charge in [0.25, 0.3) is 0 Å². The van der Waals surface area contributed by atoms with E-state index < -0.39 is 24.6 Å². The van der Waals surface area contributed by atoms with Crippen LogP contribution in [0, 0.1) is 0 Å². The summed E-state index contributed by atoms with van der Waals surface area (Å²) in [5.74, 6) is -0.723. The molecule has 0 aromatic carbocycles. The van der Waals surface area contributed by atoms with Crippen LogP contribution >= 0.6 is 0 Å². The van der Waals surface area contributed by atoms with E-state index in [1.54, 1.807) is 9.80 Å². The molecule has 1 aliphatic rings. The maximum Gasteiger partial charge on any atom is 0.322 e. The van der Waals surface area contributed by atoms with Crippen molar-refractivity contribution in [3.8, 4) is 0 Å². The summed E-state index contributed by atoms with van der Waals surface area (Å²) in [5, 5.41) is 0. The highest BCUT2D eigenvalue weighted by Gasteiger charge is 2.49. The zero-order valence-corrected chi connectivity index (χ0v) is 30.7. The average molecular weight is 657 g/mol. The minimum absolute atomic E-state index is 0.0230. The molecule has 1 unspecified atom stereocenters. The smallest absolute Gasteiger partial charge is 0.322 e. The van der Waals surface area contributed by atoms with E-state index >= 15 is 0 Å². The van der Waals surface area contributed by atoms with Crippen molar-refractivity contribution >= 4 is 11.9 Å². The van der Waals surface area contributed by atoms with Crippen LogP contribution in [0.2, 0.25) is 0 Å². The van der Waals surface area contributed by atoms with Crippen LogP contribution in [-0.2, 0) is 33.3 Å². The van der Waals surface area contributed by atoms with Gasteiger partial charge < -0.3 is 23.7 Å². The molecule has 9 heteroatoms. The SMILES string of the molecule is CCCCCCCCCCCCOC1[C@@H](COC(=O)CN(C)C)O[C@@H](OC(=O)CN(C)C)[C@H]1OCCCCCCCCCCCC. The summed E-state index contributed by atoms with van der Waals surface area (Å²) in [6.45, 7) is 5.94. The Hall–Kier alpha value is -1.26. The molecule has 0 aromatic rings. The van der Waals surface area contributed by atoms with E-state index in [1.165, 1.54) is 103 Å². The number of esters is 2. The van der Waals surface area contributed by atoms with Gasteiger partial charge >= 0.3 is 11.9 Å². The first-order chi connectivity index (χ1) is 22.3. The molecule has 0 radical (unpaired) electrons. The predicted molar refractivity (Wildman–Crippen MR) is 186 cm³/mol. The first-order valence-electron chi connectivity index (χ1n) is 18.8. The molecule has 0 bridgehead atoms. The Labute approximate surface area is 282 Å². The van der Waals surface area contributed by atoms with Crippen LogP contribution in [-0.4, -0.2) is 107 Å². The Morgan fingerprint density at radius 1 is 0.543 bits per heavy atom. The first kappa shape index (κ1) is 42.8. The van der Waals surface area contributed by atoms with E-state index in [9.17, 15) is 9.59 Å². The summed E-state index contributed by atoms with van der Waals surface area (Å²) in [5.41, 5.74) is 0. The van der Waals surface area contributed by atoms with Crippen molar-refractivity contribution in [1.82, 2.24) is 9.80 Å². The van der Waals surface area contributed by atoms with Gasteiger partial charge in [0.2, 0.25) is 6.29 Å². The third-order valence-corrected chi connectivity index (χ3v) is 8.43. The zero-order chi connectivity index (χ0) is 33.8. The monoisotopic (exact) mass is 657 g/mol. The molecule has 46 heavy (non-hydrogen) atoms. The Morgan fingerprint density at radius 2 is 0.935 bits per heavy atom. The van der Waals surface area contributed by atoms with Gasteiger partial charge in [-0.1, -0.05) is 129 Å². The molecule has 272 valence electrons. The minimum Gasteiger partial charge on any atom is -0.462 e. The fraction of sp³-hybridized carbons (Fsp3) is 0.946. The summed E-state index contributed by atoms with van der Waals surface area (Å²) in [4.78, 5) is 28.5. The predicted octanol–water partition coefficient (Wildman–Crippen LogP) is 7.53. The number of likely N-dealkylation sites (N-methyl/N-ethyl adjacent to an activating group) is 2. The molecular weight excluding hydrogens is 584 g/mol. The van der Waals surface area contributed by atoms with E-state index in [0.29, 0.717) is 13.2 Å². The van der Waals surface area contributed by atoms with Gasteiger partial charge in [-0.15, -0.1) is 0 Å². The van der Waals surface area contributed by atoms with Gasteiger partial charge in [-0.05, 0) is 41.0 Å². The van der Waals surface area contributed by atoms with Crippen LogP contribution in [0.4, 0.5) is 0 Å². The van der Waals surface area contributed by atoms with Crippen molar-refractivity contribution in [2.24, 2.45) is 0 Å². The lowest BCUT2D eigenvalue weighted by atomic mass is 10.1. The summed E-state index contributed by atoms with van der Waals surface area (Å²) in [6.07, 6.45) is 22.4. The van der Waals surface area contributed by atoms with E-state index in [1.807, 2.05) is 28.2 Å². The van der Waals surface area contributed by atoms with Gasteiger partial charge in [0.1, 0.15) is 24.9 Å². The van der Waals surface area contributed by atoms with Crippen LogP contribution < -0.4 is 0 Å². The molecule has 4 atom stereocenters. The Kier molecular flexibility index (Phi) is 26.7. The molecule has 0 aliphatic carbocycles. The minimum atomic E-state index is -0.911. The largest absolute Gasteiger partial charge is 0.462 e. The first-order valence-corrected chi connectivity index (χ1v) is 18.8. The van der Waals surface area contributed by atoms with Gasteiger partial charge in [0.05, 0.1) is 13.1 Å². The highest BCUT2D eigenvalue weighted by molar-refractivity contribution is 5.72. The third-order valence-electron chi connectivity index (χ3n) is 8.43. The quantitative estimate of drug-likeness (QED) is 0.0555. The second-order valence-electron chi connectivity index (χ2n) is 13.7. The van der Waals surface area contributed by atoms with Gasteiger partial charge in [-0.2, -0.15) is 0 Å². The molecular formula is C37H72N2O7. The summed E-state index contributed by atoms with van der Waals surface area (Å²) in [6, 6.07) is 0. The Morgan fingerprint density at radius 3 is 1.37 bits per heavy atom. The molecule has 1 rings (SSSR count). The number of carbonyl (C=O) groups is 2. The summed E-state index contributed by atoms with van der Waals surface area (Å²) < 4.78 is 30.3. The van der Waals surface area contributed by atoms with Crippen molar-refractivity contribution < 1.29 is 33.3 Å². The number of hydrogen-bond acceptors (Lipinski definition) is 9. The maximum atomic E-state index is 12.6. The molecule has 0 spiro atoms. The van der Waals surface area contributed by atoms with Gasteiger partial charge in [-0.3, -0.25) is 19.4 Å². The van der Waals surface area contributed by atoms with Crippen LogP contribution in [0.3, 0.4) is 0 Å². The summed E-state index contributed by atoms with van der Waals surface area (Å²) >= 11 is 0. The maximum absolute atomic E-state index is 12.6. The van der Waals surface area contributed by atoms with E-state index in [0.717, 1.165) is 25.7 Å². The van der Waals surface area contributed by atoms with Crippen molar-refractivity contribution in [1.29, 1.82) is 0 Å². The van der Waals surface area contributed by atoms with Crippen LogP contribution in [0.25, 0.3) is 0 Å². The lowest BCUT2D eigenvalue weighted by Crippen LogP contribution is -2.41. The van der Waals surface area contributed by atoms with E-state index in [-0.39, 0.29) is 31.6 Å². The lowest BCUT2D eigenvalue weighted by Gasteiger charge is -2.25. The van der Waals surface area contributed by atoms with Crippen molar-refractivity contribution in [3.05, 3.63) is 0 Å². The normalized spacial score (nSPS) is 19.7. The molecule has 0 N–H and O–H groups in total. The number of rotatable bonds is 31. The molecule has 9 nitrogen and oxygen atoms in total. The van der Waals surface area contributed by atoms with Crippen LogP contribution in [0.15, 0.2) is 0 Å². The highest BCUT2D eigenvalue weighted by atomic mass is 16.7. The third kappa shape index (κ3) is 22.3. The second kappa shape index (κ2) is 28.7. The molecule has 0 amide bonds. The molecule has 0 aromatic heterocycles.